The number of primary sulfonamides is 1. The summed E-state index contributed by atoms with van der Waals surface area (Å²) in [5, 5.41) is 7.80. The number of sulfonamides is 1. The van der Waals surface area contributed by atoms with Crippen molar-refractivity contribution in [2.45, 2.75) is 4.90 Å². The summed E-state index contributed by atoms with van der Waals surface area (Å²) in [5.41, 5.74) is 2.48. The van der Waals surface area contributed by atoms with Crippen molar-refractivity contribution in [2.75, 3.05) is 6.54 Å². The molecule has 118 valence electrons. The summed E-state index contributed by atoms with van der Waals surface area (Å²) < 4.78 is 35.7. The Morgan fingerprint density at radius 1 is 0.957 bits per heavy atom. The molecule has 1 aliphatic rings. The average molecular weight is 332 g/mol. The average Bonchev–Trinajstić information content (AvgIpc) is 2.89. The summed E-state index contributed by atoms with van der Waals surface area (Å²) in [4.78, 5) is 12.1. The second kappa shape index (κ2) is 5.60. The Bertz CT molecular complexity index is 901. The van der Waals surface area contributed by atoms with Crippen LogP contribution in [0.4, 0.5) is 4.39 Å². The van der Waals surface area contributed by atoms with Gasteiger partial charge in [-0.25, -0.2) is 17.9 Å². The minimum Gasteiger partial charge on any atom is -0.348 e. The lowest BCUT2D eigenvalue weighted by molar-refractivity contribution is -0.114. The molecule has 0 spiro atoms. The Hall–Kier alpha value is -2.51. The molecule has 0 bridgehead atoms. The van der Waals surface area contributed by atoms with E-state index in [0.29, 0.717) is 23.2 Å². The van der Waals surface area contributed by atoms with Crippen molar-refractivity contribution >= 4 is 27.1 Å². The molecule has 1 aliphatic heterocycles. The number of nitrogens with one attached hydrogen (secondary N) is 1. The van der Waals surface area contributed by atoms with Crippen LogP contribution in [0.1, 0.15) is 11.1 Å². The first kappa shape index (κ1) is 15.4. The van der Waals surface area contributed by atoms with Gasteiger partial charge in [0.2, 0.25) is 10.0 Å². The summed E-state index contributed by atoms with van der Waals surface area (Å²) in [6, 6.07) is 11.6. The minimum atomic E-state index is -3.76. The number of hydrogen-bond acceptors (Lipinski definition) is 3. The van der Waals surface area contributed by atoms with Gasteiger partial charge in [0.25, 0.3) is 5.91 Å². The van der Waals surface area contributed by atoms with E-state index in [4.69, 9.17) is 5.14 Å². The van der Waals surface area contributed by atoms with E-state index in [1.165, 1.54) is 36.4 Å². The van der Waals surface area contributed by atoms with Gasteiger partial charge in [0.1, 0.15) is 5.82 Å². The lowest BCUT2D eigenvalue weighted by Crippen LogP contribution is -2.17. The molecule has 1 amide bonds. The fourth-order valence-electron chi connectivity index (χ4n) is 2.50. The van der Waals surface area contributed by atoms with E-state index in [-0.39, 0.29) is 16.6 Å². The predicted molar refractivity (Wildman–Crippen MR) is 84.0 cm³/mol. The van der Waals surface area contributed by atoms with Crippen LogP contribution in [0.5, 0.6) is 0 Å². The summed E-state index contributed by atoms with van der Waals surface area (Å²) in [5.74, 6) is -0.631. The number of nitrogens with two attached hydrogens (primary N) is 1. The van der Waals surface area contributed by atoms with Gasteiger partial charge in [-0.2, -0.15) is 0 Å². The second-order valence-electron chi connectivity index (χ2n) is 5.11. The molecule has 3 rings (SSSR count). The van der Waals surface area contributed by atoms with Crippen LogP contribution >= 0.6 is 0 Å². The highest BCUT2D eigenvalue weighted by Gasteiger charge is 2.25. The Balaban J connectivity index is 2.08. The smallest absolute Gasteiger partial charge is 0.252 e. The van der Waals surface area contributed by atoms with Gasteiger partial charge in [0, 0.05) is 6.54 Å². The van der Waals surface area contributed by atoms with Crippen molar-refractivity contribution in [3.63, 3.8) is 0 Å². The van der Waals surface area contributed by atoms with Crippen LogP contribution in [0.25, 0.3) is 11.1 Å². The summed E-state index contributed by atoms with van der Waals surface area (Å²) >= 11 is 0. The first-order valence-corrected chi connectivity index (χ1v) is 8.31. The number of carbonyl (C=O) groups is 1. The number of hydrogen-bond donors (Lipinski definition) is 2. The molecule has 2 aromatic rings. The molecule has 2 aromatic carbocycles. The van der Waals surface area contributed by atoms with Crippen LogP contribution in [-0.4, -0.2) is 20.9 Å². The van der Waals surface area contributed by atoms with Gasteiger partial charge in [0.15, 0.2) is 0 Å². The van der Waals surface area contributed by atoms with Crippen molar-refractivity contribution in [1.29, 1.82) is 0 Å². The van der Waals surface area contributed by atoms with Crippen molar-refractivity contribution < 1.29 is 17.6 Å². The standard InChI is InChI=1S/C16H13FN2O3S/c17-12-5-1-11(2-6-12)15-14(9-19-16(15)20)10-3-7-13(8-4-10)23(18,21)22/h1-8H,9H2,(H,19,20)(H2,18,21,22). The van der Waals surface area contributed by atoms with E-state index in [0.717, 1.165) is 5.57 Å². The monoisotopic (exact) mass is 332 g/mol. The zero-order valence-electron chi connectivity index (χ0n) is 11.9. The Labute approximate surface area is 132 Å². The van der Waals surface area contributed by atoms with Gasteiger partial charge < -0.3 is 5.32 Å². The van der Waals surface area contributed by atoms with E-state index < -0.39 is 10.0 Å². The Morgan fingerprint density at radius 3 is 2.09 bits per heavy atom. The molecule has 0 unspecified atom stereocenters. The van der Waals surface area contributed by atoms with E-state index in [2.05, 4.69) is 5.32 Å². The van der Waals surface area contributed by atoms with Crippen LogP contribution in [0.15, 0.2) is 53.4 Å². The van der Waals surface area contributed by atoms with Crippen LogP contribution in [0.2, 0.25) is 0 Å². The zero-order chi connectivity index (χ0) is 16.6. The first-order chi connectivity index (χ1) is 10.9. The topological polar surface area (TPSA) is 89.3 Å². The molecule has 0 atom stereocenters. The van der Waals surface area contributed by atoms with Gasteiger partial charge >= 0.3 is 0 Å². The molecule has 1 heterocycles. The van der Waals surface area contributed by atoms with Crippen molar-refractivity contribution in [3.05, 3.63) is 65.5 Å². The first-order valence-electron chi connectivity index (χ1n) is 6.77. The summed E-state index contributed by atoms with van der Waals surface area (Å²) in [7, 11) is -3.76. The number of carbonyl (C=O) groups excluding carboxylic acids is 1. The number of halogens is 1. The maximum atomic E-state index is 13.1. The molecule has 0 saturated carbocycles. The molecule has 0 radical (unpaired) electrons. The number of rotatable bonds is 3. The van der Waals surface area contributed by atoms with Crippen LogP contribution < -0.4 is 10.5 Å². The van der Waals surface area contributed by atoms with Crippen molar-refractivity contribution in [2.24, 2.45) is 5.14 Å². The Kier molecular flexibility index (Phi) is 3.75. The van der Waals surface area contributed by atoms with Gasteiger partial charge in [-0.3, -0.25) is 4.79 Å². The molecule has 5 nitrogen and oxygen atoms in total. The lowest BCUT2D eigenvalue weighted by Gasteiger charge is -2.07. The van der Waals surface area contributed by atoms with Crippen molar-refractivity contribution in [1.82, 2.24) is 5.32 Å². The third kappa shape index (κ3) is 3.01. The van der Waals surface area contributed by atoms with Gasteiger partial charge in [-0.1, -0.05) is 24.3 Å². The van der Waals surface area contributed by atoms with E-state index in [1.807, 2.05) is 0 Å². The molecule has 0 fully saturated rings. The highest BCUT2D eigenvalue weighted by atomic mass is 32.2. The van der Waals surface area contributed by atoms with E-state index in [1.54, 1.807) is 12.1 Å². The van der Waals surface area contributed by atoms with Gasteiger partial charge in [-0.15, -0.1) is 0 Å². The van der Waals surface area contributed by atoms with Gasteiger partial charge in [0.05, 0.1) is 10.5 Å². The third-order valence-electron chi connectivity index (χ3n) is 3.62. The summed E-state index contributed by atoms with van der Waals surface area (Å²) in [6.45, 7) is 0.320. The number of benzene rings is 2. The highest BCUT2D eigenvalue weighted by molar-refractivity contribution is 7.89. The van der Waals surface area contributed by atoms with E-state index >= 15 is 0 Å². The fraction of sp³-hybridized carbons (Fsp3) is 0.0625. The Morgan fingerprint density at radius 2 is 1.52 bits per heavy atom. The third-order valence-corrected chi connectivity index (χ3v) is 4.55. The van der Waals surface area contributed by atoms with Crippen LogP contribution in [-0.2, 0) is 14.8 Å². The molecule has 0 saturated heterocycles. The maximum Gasteiger partial charge on any atom is 0.252 e. The van der Waals surface area contributed by atoms with Crippen molar-refractivity contribution in [3.8, 4) is 0 Å². The largest absolute Gasteiger partial charge is 0.348 e. The predicted octanol–water partition coefficient (Wildman–Crippen LogP) is 1.51. The molecule has 7 heteroatoms. The highest BCUT2D eigenvalue weighted by Crippen LogP contribution is 2.30. The minimum absolute atomic E-state index is 0.00228. The molecular formula is C16H13FN2O3S. The molecule has 3 N–H and O–H groups in total. The maximum absolute atomic E-state index is 13.1. The molecule has 23 heavy (non-hydrogen) atoms. The normalized spacial score (nSPS) is 15.0. The second-order valence-corrected chi connectivity index (χ2v) is 6.67. The van der Waals surface area contributed by atoms with E-state index in [9.17, 15) is 17.6 Å². The molecular weight excluding hydrogens is 319 g/mol. The van der Waals surface area contributed by atoms with Gasteiger partial charge in [-0.05, 0) is 41.0 Å². The SMILES string of the molecule is NS(=O)(=O)c1ccc(C2=C(c3ccc(F)cc3)C(=O)NC2)cc1. The zero-order valence-corrected chi connectivity index (χ0v) is 12.7. The molecule has 0 aromatic heterocycles. The van der Waals surface area contributed by atoms with Crippen LogP contribution in [0.3, 0.4) is 0 Å². The van der Waals surface area contributed by atoms with Crippen LogP contribution in [0, 0.1) is 5.82 Å². The summed E-state index contributed by atoms with van der Waals surface area (Å²) in [6.07, 6.45) is 0. The fourth-order valence-corrected chi connectivity index (χ4v) is 3.01. The lowest BCUT2D eigenvalue weighted by atomic mass is 9.97. The quantitative estimate of drug-likeness (QED) is 0.893. The number of amides is 1. The molecule has 0 aliphatic carbocycles.